The van der Waals surface area contributed by atoms with Gasteiger partial charge in [0.15, 0.2) is 0 Å². The first-order chi connectivity index (χ1) is 12.5. The number of aromatic nitrogens is 2. The van der Waals surface area contributed by atoms with Crippen molar-refractivity contribution in [3.05, 3.63) is 57.3 Å². The van der Waals surface area contributed by atoms with Gasteiger partial charge in [0, 0.05) is 24.4 Å². The molecule has 0 radical (unpaired) electrons. The van der Waals surface area contributed by atoms with Gasteiger partial charge >= 0.3 is 5.69 Å². The Morgan fingerprint density at radius 1 is 1.38 bits per heavy atom. The van der Waals surface area contributed by atoms with Gasteiger partial charge in [-0.3, -0.25) is 4.79 Å². The van der Waals surface area contributed by atoms with E-state index in [4.69, 9.17) is 4.74 Å². The molecule has 1 N–H and O–H groups in total. The molecule has 0 aliphatic carbocycles. The first kappa shape index (κ1) is 18.2. The normalized spacial score (nSPS) is 16.7. The maximum Gasteiger partial charge on any atom is 0.345 e. The van der Waals surface area contributed by atoms with Gasteiger partial charge in [0.25, 0.3) is 0 Å². The largest absolute Gasteiger partial charge is 0.497 e. The molecule has 6 heteroatoms. The molecule has 1 amide bonds. The highest BCUT2D eigenvalue weighted by atomic mass is 16.5. The lowest BCUT2D eigenvalue weighted by Crippen LogP contribution is -2.31. The Balaban J connectivity index is 1.72. The summed E-state index contributed by atoms with van der Waals surface area (Å²) in [6.07, 6.45) is 2.97. The number of rotatable bonds is 5. The quantitative estimate of drug-likeness (QED) is 0.895. The number of benzene rings is 1. The van der Waals surface area contributed by atoms with Crippen LogP contribution in [0.1, 0.15) is 47.8 Å². The van der Waals surface area contributed by atoms with E-state index in [0.29, 0.717) is 18.5 Å². The molecule has 1 fully saturated rings. The second-order valence-electron chi connectivity index (χ2n) is 6.75. The summed E-state index contributed by atoms with van der Waals surface area (Å²) in [5.74, 6) is 0.952. The van der Waals surface area contributed by atoms with E-state index in [1.807, 2.05) is 36.9 Å². The average molecular weight is 355 g/mol. The van der Waals surface area contributed by atoms with Crippen molar-refractivity contribution in [1.82, 2.24) is 14.9 Å². The van der Waals surface area contributed by atoms with E-state index in [9.17, 15) is 9.59 Å². The zero-order valence-electron chi connectivity index (χ0n) is 15.5. The summed E-state index contributed by atoms with van der Waals surface area (Å²) < 4.78 is 5.31. The van der Waals surface area contributed by atoms with Crippen LogP contribution in [-0.4, -0.2) is 34.4 Å². The maximum absolute atomic E-state index is 12.8. The summed E-state index contributed by atoms with van der Waals surface area (Å²) in [7, 11) is 1.65. The Labute approximate surface area is 153 Å². The number of carbonyl (C=O) groups is 1. The lowest BCUT2D eigenvalue weighted by Gasteiger charge is -2.25. The van der Waals surface area contributed by atoms with Crippen LogP contribution in [0.4, 0.5) is 0 Å². The lowest BCUT2D eigenvalue weighted by atomic mass is 10.0. The van der Waals surface area contributed by atoms with Gasteiger partial charge in [-0.1, -0.05) is 12.1 Å². The Bertz CT molecular complexity index is 833. The molecule has 2 aromatic rings. The molecular formula is C20H25N3O3. The zero-order chi connectivity index (χ0) is 18.7. The van der Waals surface area contributed by atoms with Crippen LogP contribution < -0.4 is 10.4 Å². The van der Waals surface area contributed by atoms with Crippen molar-refractivity contribution >= 4 is 5.91 Å². The fourth-order valence-corrected chi connectivity index (χ4v) is 3.76. The maximum atomic E-state index is 12.8. The third-order valence-electron chi connectivity index (χ3n) is 5.09. The Kier molecular flexibility index (Phi) is 5.40. The number of carbonyl (C=O) groups excluding carboxylic acids is 1. The molecule has 0 spiro atoms. The van der Waals surface area contributed by atoms with Gasteiger partial charge in [-0.25, -0.2) is 4.79 Å². The molecule has 3 rings (SSSR count). The number of likely N-dealkylation sites (tertiary alicyclic amines) is 1. The molecule has 1 atom stereocenters. The molecule has 1 aliphatic heterocycles. The first-order valence-electron chi connectivity index (χ1n) is 8.99. The van der Waals surface area contributed by atoms with Crippen LogP contribution in [0.5, 0.6) is 5.75 Å². The van der Waals surface area contributed by atoms with Crippen molar-refractivity contribution < 1.29 is 9.53 Å². The Hall–Kier alpha value is -2.63. The van der Waals surface area contributed by atoms with Gasteiger partial charge in [0.1, 0.15) is 5.75 Å². The van der Waals surface area contributed by atoms with Gasteiger partial charge in [-0.15, -0.1) is 0 Å². The fraction of sp³-hybridized carbons (Fsp3) is 0.450. The van der Waals surface area contributed by atoms with Gasteiger partial charge in [0.05, 0.1) is 13.2 Å². The van der Waals surface area contributed by atoms with Crippen LogP contribution in [0.2, 0.25) is 0 Å². The van der Waals surface area contributed by atoms with E-state index in [2.05, 4.69) is 16.0 Å². The van der Waals surface area contributed by atoms with Crippen molar-refractivity contribution in [2.45, 2.75) is 45.6 Å². The number of H-pyrrole nitrogens is 1. The number of ether oxygens (including phenoxy) is 1. The summed E-state index contributed by atoms with van der Waals surface area (Å²) in [5, 5.41) is 0. The van der Waals surface area contributed by atoms with E-state index in [1.54, 1.807) is 7.11 Å². The molecule has 2 heterocycles. The van der Waals surface area contributed by atoms with Gasteiger partial charge in [-0.05, 0) is 56.4 Å². The van der Waals surface area contributed by atoms with Crippen molar-refractivity contribution in [1.29, 1.82) is 0 Å². The highest BCUT2D eigenvalue weighted by Crippen LogP contribution is 2.34. The first-order valence-corrected chi connectivity index (χ1v) is 8.99. The molecule has 1 unspecified atom stereocenters. The van der Waals surface area contributed by atoms with Crippen LogP contribution >= 0.6 is 0 Å². The smallest absolute Gasteiger partial charge is 0.345 e. The molecule has 0 saturated carbocycles. The standard InChI is InChI=1S/C20H25N3O3/c1-13-17(14(2)22-20(25)21-13)9-10-19(24)23-11-5-8-18(23)15-6-4-7-16(12-15)26-3/h4,6-7,12,18H,5,8-11H2,1-3H3,(H,21,22,25). The number of nitrogens with one attached hydrogen (secondary N) is 1. The number of hydrogen-bond acceptors (Lipinski definition) is 4. The summed E-state index contributed by atoms with van der Waals surface area (Å²) in [6.45, 7) is 4.45. The van der Waals surface area contributed by atoms with E-state index in [-0.39, 0.29) is 17.6 Å². The van der Waals surface area contributed by atoms with E-state index in [1.165, 1.54) is 0 Å². The number of nitrogens with zero attached hydrogens (tertiary/aromatic N) is 2. The molecular weight excluding hydrogens is 330 g/mol. The molecule has 0 bridgehead atoms. The Morgan fingerprint density at radius 3 is 2.92 bits per heavy atom. The molecule has 26 heavy (non-hydrogen) atoms. The Morgan fingerprint density at radius 2 is 2.19 bits per heavy atom. The predicted molar refractivity (Wildman–Crippen MR) is 99.3 cm³/mol. The third-order valence-corrected chi connectivity index (χ3v) is 5.09. The second kappa shape index (κ2) is 7.72. The number of methoxy groups -OCH3 is 1. The molecule has 1 aromatic carbocycles. The molecule has 1 aliphatic rings. The molecule has 138 valence electrons. The summed E-state index contributed by atoms with van der Waals surface area (Å²) in [5.41, 5.74) is 3.22. The highest BCUT2D eigenvalue weighted by Gasteiger charge is 2.30. The average Bonchev–Trinajstić information content (AvgIpc) is 3.10. The van der Waals surface area contributed by atoms with Crippen LogP contribution in [0.15, 0.2) is 29.1 Å². The number of aromatic amines is 1. The number of hydrogen-bond donors (Lipinski definition) is 1. The van der Waals surface area contributed by atoms with Gasteiger partial charge in [-0.2, -0.15) is 4.98 Å². The third kappa shape index (κ3) is 3.79. The summed E-state index contributed by atoms with van der Waals surface area (Å²) in [6, 6.07) is 8.05. The number of aryl methyl sites for hydroxylation is 2. The van der Waals surface area contributed by atoms with Crippen molar-refractivity contribution in [3.8, 4) is 5.75 Å². The molecule has 1 aromatic heterocycles. The minimum Gasteiger partial charge on any atom is -0.497 e. The highest BCUT2D eigenvalue weighted by molar-refractivity contribution is 5.77. The summed E-state index contributed by atoms with van der Waals surface area (Å²) >= 11 is 0. The predicted octanol–water partition coefficient (Wildman–Crippen LogP) is 2.69. The molecule has 6 nitrogen and oxygen atoms in total. The topological polar surface area (TPSA) is 75.3 Å². The van der Waals surface area contributed by atoms with Gasteiger partial charge < -0.3 is 14.6 Å². The SMILES string of the molecule is COc1cccc(C2CCCN2C(=O)CCc2c(C)nc(=O)[nH]c2C)c1. The van der Waals surface area contributed by atoms with E-state index in [0.717, 1.165) is 42.0 Å². The summed E-state index contributed by atoms with van der Waals surface area (Å²) in [4.78, 5) is 32.9. The fourth-order valence-electron chi connectivity index (χ4n) is 3.76. The molecule has 1 saturated heterocycles. The number of amides is 1. The zero-order valence-corrected chi connectivity index (χ0v) is 15.5. The van der Waals surface area contributed by atoms with Crippen LogP contribution in [-0.2, 0) is 11.2 Å². The van der Waals surface area contributed by atoms with Crippen molar-refractivity contribution in [3.63, 3.8) is 0 Å². The monoisotopic (exact) mass is 355 g/mol. The van der Waals surface area contributed by atoms with E-state index < -0.39 is 0 Å². The minimum absolute atomic E-state index is 0.105. The van der Waals surface area contributed by atoms with Gasteiger partial charge in [0.2, 0.25) is 5.91 Å². The van der Waals surface area contributed by atoms with Crippen molar-refractivity contribution in [2.75, 3.05) is 13.7 Å². The van der Waals surface area contributed by atoms with E-state index >= 15 is 0 Å². The minimum atomic E-state index is -0.340. The van der Waals surface area contributed by atoms with Crippen LogP contribution in [0, 0.1) is 13.8 Å². The second-order valence-corrected chi connectivity index (χ2v) is 6.75. The van der Waals surface area contributed by atoms with Crippen LogP contribution in [0.3, 0.4) is 0 Å². The van der Waals surface area contributed by atoms with Crippen molar-refractivity contribution in [2.24, 2.45) is 0 Å². The lowest BCUT2D eigenvalue weighted by molar-refractivity contribution is -0.132. The van der Waals surface area contributed by atoms with Crippen LogP contribution in [0.25, 0.3) is 0 Å².